The molecule has 1 aromatic rings. The smallest absolute Gasteiger partial charge is 0.360 e. The maximum absolute atomic E-state index is 12.6. The average Bonchev–Trinajstić information content (AvgIpc) is 2.67. The average molecular weight is 214 g/mol. The van der Waals surface area contributed by atoms with Gasteiger partial charge in [0, 0.05) is 12.2 Å². The number of alkyl halides is 3. The van der Waals surface area contributed by atoms with Gasteiger partial charge in [-0.05, 0) is 31.0 Å². The quantitative estimate of drug-likeness (QED) is 0.694. The Labute approximate surface area is 86.5 Å². The summed E-state index contributed by atoms with van der Waals surface area (Å²) in [5.74, 6) is 0. The minimum absolute atomic E-state index is 0.193. The molecule has 1 saturated heterocycles. The van der Waals surface area contributed by atoms with Crippen molar-refractivity contribution in [2.45, 2.75) is 25.1 Å². The summed E-state index contributed by atoms with van der Waals surface area (Å²) < 4.78 is 37.9. The lowest BCUT2D eigenvalue weighted by atomic mass is 10.2. The first kappa shape index (κ1) is 10.3. The van der Waals surface area contributed by atoms with Gasteiger partial charge in [-0.3, -0.25) is 0 Å². The molecule has 4 heteroatoms. The molecule has 1 heterocycles. The number of halogens is 3. The van der Waals surface area contributed by atoms with Gasteiger partial charge in [-0.2, -0.15) is 13.2 Å². The van der Waals surface area contributed by atoms with Crippen molar-refractivity contribution in [3.8, 4) is 0 Å². The molecule has 0 bridgehead atoms. The Bertz CT molecular complexity index is 320. The van der Waals surface area contributed by atoms with Crippen molar-refractivity contribution < 1.29 is 13.2 Å². The van der Waals surface area contributed by atoms with E-state index in [2.05, 4.69) is 6.07 Å². The fourth-order valence-corrected chi connectivity index (χ4v) is 1.98. The molecule has 1 nitrogen and oxygen atoms in total. The Hall–Kier alpha value is -1.19. The standard InChI is InChI=1S/C11H11F3N/c12-11(13,14)10-7-4-8-15(10)9-5-2-1-3-6-9/h1-2,5-6,10H,4,7-8H2/t10-/m1/s1. The second-order valence-corrected chi connectivity index (χ2v) is 3.65. The van der Waals surface area contributed by atoms with Gasteiger partial charge in [-0.25, -0.2) is 0 Å². The van der Waals surface area contributed by atoms with Gasteiger partial charge >= 0.3 is 6.18 Å². The Balaban J connectivity index is 2.23. The van der Waals surface area contributed by atoms with Crippen LogP contribution in [0, 0.1) is 6.07 Å². The number of benzene rings is 1. The predicted molar refractivity (Wildman–Crippen MR) is 51.7 cm³/mol. The highest BCUT2D eigenvalue weighted by Crippen LogP contribution is 2.35. The van der Waals surface area contributed by atoms with Crippen LogP contribution in [0.5, 0.6) is 0 Å². The van der Waals surface area contributed by atoms with Crippen molar-refractivity contribution >= 4 is 5.69 Å². The molecule has 1 aliphatic heterocycles. The predicted octanol–water partition coefficient (Wildman–Crippen LogP) is 3.02. The van der Waals surface area contributed by atoms with Gasteiger partial charge in [0.25, 0.3) is 0 Å². The fraction of sp³-hybridized carbons (Fsp3) is 0.455. The third-order valence-corrected chi connectivity index (χ3v) is 2.65. The minimum Gasteiger partial charge on any atom is -0.360 e. The molecule has 0 N–H and O–H groups in total. The maximum atomic E-state index is 12.6. The molecule has 1 fully saturated rings. The normalized spacial score (nSPS) is 22.1. The first-order chi connectivity index (χ1) is 7.09. The van der Waals surface area contributed by atoms with Crippen molar-refractivity contribution in [2.24, 2.45) is 0 Å². The summed E-state index contributed by atoms with van der Waals surface area (Å²) in [6.07, 6.45) is -3.34. The molecule has 0 spiro atoms. The topological polar surface area (TPSA) is 3.24 Å². The molecule has 2 rings (SSSR count). The summed E-state index contributed by atoms with van der Waals surface area (Å²) in [5, 5.41) is 0. The van der Waals surface area contributed by atoms with Crippen molar-refractivity contribution in [3.05, 3.63) is 30.3 Å². The van der Waals surface area contributed by atoms with E-state index in [4.69, 9.17) is 0 Å². The molecule has 0 aromatic heterocycles. The van der Waals surface area contributed by atoms with E-state index in [1.165, 1.54) is 4.90 Å². The van der Waals surface area contributed by atoms with Gasteiger partial charge < -0.3 is 4.90 Å². The third-order valence-electron chi connectivity index (χ3n) is 2.65. The van der Waals surface area contributed by atoms with E-state index in [9.17, 15) is 13.2 Å². The van der Waals surface area contributed by atoms with Crippen LogP contribution in [-0.4, -0.2) is 18.8 Å². The Kier molecular flexibility index (Phi) is 2.59. The zero-order chi connectivity index (χ0) is 10.9. The van der Waals surface area contributed by atoms with Crippen molar-refractivity contribution in [1.29, 1.82) is 0 Å². The van der Waals surface area contributed by atoms with Crippen molar-refractivity contribution in [1.82, 2.24) is 0 Å². The highest BCUT2D eigenvalue weighted by atomic mass is 19.4. The molecule has 1 atom stereocenters. The Morgan fingerprint density at radius 1 is 1.40 bits per heavy atom. The van der Waals surface area contributed by atoms with Gasteiger partial charge in [0.2, 0.25) is 0 Å². The second kappa shape index (κ2) is 3.76. The van der Waals surface area contributed by atoms with Crippen LogP contribution >= 0.6 is 0 Å². The Morgan fingerprint density at radius 2 is 2.20 bits per heavy atom. The number of rotatable bonds is 1. The van der Waals surface area contributed by atoms with Gasteiger partial charge in [-0.15, -0.1) is 0 Å². The highest BCUT2D eigenvalue weighted by Gasteiger charge is 2.45. The summed E-state index contributed by atoms with van der Waals surface area (Å²) in [4.78, 5) is 1.41. The lowest BCUT2D eigenvalue weighted by Crippen LogP contribution is -2.41. The van der Waals surface area contributed by atoms with Crippen molar-refractivity contribution in [2.75, 3.05) is 11.4 Å². The Morgan fingerprint density at radius 3 is 2.80 bits per heavy atom. The van der Waals surface area contributed by atoms with E-state index in [-0.39, 0.29) is 6.42 Å². The second-order valence-electron chi connectivity index (χ2n) is 3.65. The van der Waals surface area contributed by atoms with E-state index >= 15 is 0 Å². The lowest BCUT2D eigenvalue weighted by Gasteiger charge is -2.28. The van der Waals surface area contributed by atoms with E-state index in [0.29, 0.717) is 18.7 Å². The SMILES string of the molecule is FC(F)(F)[C@H]1CCCN1c1c[c]ccc1. The molecule has 1 aliphatic rings. The molecule has 0 unspecified atom stereocenters. The minimum atomic E-state index is -4.13. The van der Waals surface area contributed by atoms with Crippen LogP contribution in [0.2, 0.25) is 0 Å². The van der Waals surface area contributed by atoms with E-state index < -0.39 is 12.2 Å². The molecular weight excluding hydrogens is 203 g/mol. The molecule has 81 valence electrons. The number of hydrogen-bond donors (Lipinski definition) is 0. The fourth-order valence-electron chi connectivity index (χ4n) is 1.98. The zero-order valence-corrected chi connectivity index (χ0v) is 8.09. The molecule has 0 aliphatic carbocycles. The molecule has 1 radical (unpaired) electrons. The third kappa shape index (κ3) is 2.08. The monoisotopic (exact) mass is 214 g/mol. The first-order valence-electron chi connectivity index (χ1n) is 4.88. The summed E-state index contributed by atoms with van der Waals surface area (Å²) in [6, 6.07) is 8.16. The molecule has 0 amide bonds. The van der Waals surface area contributed by atoms with Crippen molar-refractivity contribution in [3.63, 3.8) is 0 Å². The van der Waals surface area contributed by atoms with E-state index in [0.717, 1.165) is 0 Å². The highest BCUT2D eigenvalue weighted by molar-refractivity contribution is 5.48. The van der Waals surface area contributed by atoms with E-state index in [1.54, 1.807) is 24.3 Å². The largest absolute Gasteiger partial charge is 0.408 e. The van der Waals surface area contributed by atoms with Gasteiger partial charge in [0.05, 0.1) is 0 Å². The van der Waals surface area contributed by atoms with Crippen LogP contribution in [-0.2, 0) is 0 Å². The van der Waals surface area contributed by atoms with Crippen LogP contribution in [0.15, 0.2) is 24.3 Å². The number of nitrogens with zero attached hydrogens (tertiary/aromatic N) is 1. The van der Waals surface area contributed by atoms with E-state index in [1.807, 2.05) is 0 Å². The van der Waals surface area contributed by atoms with Crippen LogP contribution in [0.3, 0.4) is 0 Å². The number of anilines is 1. The number of hydrogen-bond acceptors (Lipinski definition) is 1. The summed E-state index contributed by atoms with van der Waals surface area (Å²) in [5.41, 5.74) is 0.609. The summed E-state index contributed by atoms with van der Waals surface area (Å²) in [7, 11) is 0. The summed E-state index contributed by atoms with van der Waals surface area (Å²) in [6.45, 7) is 0.474. The van der Waals surface area contributed by atoms with Crippen LogP contribution < -0.4 is 4.90 Å². The molecule has 1 aromatic carbocycles. The van der Waals surface area contributed by atoms with Gasteiger partial charge in [0.15, 0.2) is 0 Å². The van der Waals surface area contributed by atoms with Gasteiger partial charge in [0.1, 0.15) is 6.04 Å². The van der Waals surface area contributed by atoms with Gasteiger partial charge in [-0.1, -0.05) is 12.1 Å². The van der Waals surface area contributed by atoms with Crippen LogP contribution in [0.4, 0.5) is 18.9 Å². The molecule has 15 heavy (non-hydrogen) atoms. The maximum Gasteiger partial charge on any atom is 0.408 e. The van der Waals surface area contributed by atoms with Crippen LogP contribution in [0.25, 0.3) is 0 Å². The summed E-state index contributed by atoms with van der Waals surface area (Å²) >= 11 is 0. The zero-order valence-electron chi connectivity index (χ0n) is 8.09. The molecule has 0 saturated carbocycles. The lowest BCUT2D eigenvalue weighted by molar-refractivity contribution is -0.145. The first-order valence-corrected chi connectivity index (χ1v) is 4.88. The molecular formula is C11H11F3N. The van der Waals surface area contributed by atoms with Crippen LogP contribution in [0.1, 0.15) is 12.8 Å².